The molecule has 2 aromatic carbocycles. The van der Waals surface area contributed by atoms with Crippen LogP contribution in [0.25, 0.3) is 10.8 Å². The summed E-state index contributed by atoms with van der Waals surface area (Å²) < 4.78 is 35.4. The summed E-state index contributed by atoms with van der Waals surface area (Å²) in [5, 5.41) is 21.5. The van der Waals surface area contributed by atoms with Gasteiger partial charge in [0.1, 0.15) is 6.29 Å². The maximum Gasteiger partial charge on any atom is 0.257 e. The molecule has 11 heteroatoms. The van der Waals surface area contributed by atoms with Gasteiger partial charge in [-0.3, -0.25) is 5.41 Å². The summed E-state index contributed by atoms with van der Waals surface area (Å²) in [5.74, 6) is -0.0991. The molecule has 2 heterocycles. The van der Waals surface area contributed by atoms with E-state index in [9.17, 15) is 18.3 Å². The number of hydrazine groups is 1. The lowest BCUT2D eigenvalue weighted by Crippen LogP contribution is -2.51. The number of sulfonamides is 1. The second kappa shape index (κ2) is 11.2. The summed E-state index contributed by atoms with van der Waals surface area (Å²) in [6.45, 7) is 1.16. The zero-order valence-electron chi connectivity index (χ0n) is 20.6. The highest BCUT2D eigenvalue weighted by Crippen LogP contribution is 2.40. The minimum Gasteiger partial charge on any atom is -0.392 e. The molecule has 2 aromatic rings. The van der Waals surface area contributed by atoms with Crippen molar-refractivity contribution in [2.24, 2.45) is 5.73 Å². The predicted octanol–water partition coefficient (Wildman–Crippen LogP) is 1.62. The second-order valence-corrected chi connectivity index (χ2v) is 11.2. The molecule has 10 nitrogen and oxygen atoms in total. The fourth-order valence-corrected chi connectivity index (χ4v) is 7.58. The van der Waals surface area contributed by atoms with E-state index in [-0.39, 0.29) is 29.4 Å². The van der Waals surface area contributed by atoms with Gasteiger partial charge >= 0.3 is 0 Å². The number of rotatable bonds is 9. The first-order valence-corrected chi connectivity index (χ1v) is 13.7. The van der Waals surface area contributed by atoms with Crippen LogP contribution < -0.4 is 5.73 Å². The number of ether oxygens (including phenoxy) is 1. The van der Waals surface area contributed by atoms with Gasteiger partial charge in [-0.15, -0.1) is 4.41 Å². The van der Waals surface area contributed by atoms with Crippen molar-refractivity contribution in [3.05, 3.63) is 41.5 Å². The number of benzene rings is 2. The summed E-state index contributed by atoms with van der Waals surface area (Å²) in [7, 11) is -2.63. The Balaban J connectivity index is 1.88. The molecule has 36 heavy (non-hydrogen) atoms. The van der Waals surface area contributed by atoms with Gasteiger partial charge < -0.3 is 25.3 Å². The number of nitrogens with zero attached hydrogens (tertiary/aromatic N) is 3. The summed E-state index contributed by atoms with van der Waals surface area (Å²) in [5.41, 5.74) is 6.66. The van der Waals surface area contributed by atoms with Gasteiger partial charge in [0.05, 0.1) is 24.7 Å². The lowest BCUT2D eigenvalue weighted by molar-refractivity contribution is -0.111. The number of hydrogen-bond donors (Lipinski definition) is 3. The van der Waals surface area contributed by atoms with Gasteiger partial charge in [0, 0.05) is 38.3 Å². The highest BCUT2D eigenvalue weighted by Gasteiger charge is 2.40. The Hall–Kier alpha value is -2.57. The molecular formula is C25H35N5O5S. The third-order valence-electron chi connectivity index (χ3n) is 7.32. The number of likely N-dealkylation sites (tertiary alicyclic amines) is 1. The maximum atomic E-state index is 14.4. The monoisotopic (exact) mass is 517 g/mol. The number of carbonyl (C=O) groups is 1. The minimum atomic E-state index is -4.21. The molecule has 0 amide bonds. The SMILES string of the molecule is COCC1CCCN1N(CC=O)S(=O)(=O)c1c(C2CCN(C(=N)N)CC2)cc2ccccc2c1CO. The van der Waals surface area contributed by atoms with Gasteiger partial charge in [-0.1, -0.05) is 24.3 Å². The van der Waals surface area contributed by atoms with Crippen LogP contribution in [0.5, 0.6) is 0 Å². The van der Waals surface area contributed by atoms with Crippen LogP contribution in [0.3, 0.4) is 0 Å². The smallest absolute Gasteiger partial charge is 0.257 e. The Morgan fingerprint density at radius 1 is 1.25 bits per heavy atom. The van der Waals surface area contributed by atoms with E-state index in [0.29, 0.717) is 61.9 Å². The molecule has 1 unspecified atom stereocenters. The summed E-state index contributed by atoms with van der Waals surface area (Å²) in [6.07, 6.45) is 3.40. The van der Waals surface area contributed by atoms with Crippen LogP contribution in [-0.4, -0.2) is 86.0 Å². The summed E-state index contributed by atoms with van der Waals surface area (Å²) in [6, 6.07) is 9.18. The zero-order valence-corrected chi connectivity index (χ0v) is 21.4. The molecule has 2 saturated heterocycles. The predicted molar refractivity (Wildman–Crippen MR) is 137 cm³/mol. The quantitative estimate of drug-likeness (QED) is 0.259. The number of aldehydes is 1. The highest BCUT2D eigenvalue weighted by molar-refractivity contribution is 7.89. The van der Waals surface area contributed by atoms with Crippen molar-refractivity contribution < 1.29 is 23.1 Å². The number of methoxy groups -OCH3 is 1. The first-order valence-electron chi connectivity index (χ1n) is 12.3. The molecule has 196 valence electrons. The number of guanidine groups is 1. The molecule has 2 aliphatic heterocycles. The normalized spacial score (nSPS) is 19.9. The molecule has 1 atom stereocenters. The number of nitrogens with two attached hydrogens (primary N) is 1. The molecule has 0 aromatic heterocycles. The number of aliphatic hydroxyl groups is 1. The fourth-order valence-electron chi connectivity index (χ4n) is 5.61. The molecule has 0 aliphatic carbocycles. The molecular weight excluding hydrogens is 482 g/mol. The molecule has 2 aliphatic rings. The van der Waals surface area contributed by atoms with Crippen molar-refractivity contribution in [1.82, 2.24) is 14.3 Å². The highest BCUT2D eigenvalue weighted by atomic mass is 32.2. The molecule has 2 fully saturated rings. The Bertz CT molecular complexity index is 1210. The molecule has 0 radical (unpaired) electrons. The van der Waals surface area contributed by atoms with E-state index < -0.39 is 16.6 Å². The number of nitrogens with one attached hydrogen (secondary N) is 1. The number of aliphatic hydroxyl groups excluding tert-OH is 1. The molecule has 4 rings (SSSR count). The zero-order chi connectivity index (χ0) is 25.9. The van der Waals surface area contributed by atoms with Crippen LogP contribution in [-0.2, 0) is 26.2 Å². The molecule has 0 bridgehead atoms. The average Bonchev–Trinajstić information content (AvgIpc) is 3.33. The Morgan fingerprint density at radius 3 is 2.61 bits per heavy atom. The van der Waals surface area contributed by atoms with Crippen molar-refractivity contribution in [3.63, 3.8) is 0 Å². The van der Waals surface area contributed by atoms with Gasteiger partial charge in [0.15, 0.2) is 5.96 Å². The van der Waals surface area contributed by atoms with Crippen molar-refractivity contribution in [3.8, 4) is 0 Å². The van der Waals surface area contributed by atoms with Crippen molar-refractivity contribution in [1.29, 1.82) is 5.41 Å². The Kier molecular flexibility index (Phi) is 8.26. The number of carbonyl (C=O) groups excluding carboxylic acids is 1. The van der Waals surface area contributed by atoms with Crippen LogP contribution in [0.2, 0.25) is 0 Å². The van der Waals surface area contributed by atoms with Crippen LogP contribution in [0.4, 0.5) is 0 Å². The van der Waals surface area contributed by atoms with E-state index in [1.165, 1.54) is 4.41 Å². The number of hydrogen-bond acceptors (Lipinski definition) is 7. The van der Waals surface area contributed by atoms with E-state index in [2.05, 4.69) is 0 Å². The fraction of sp³-hybridized carbons (Fsp3) is 0.520. The topological polar surface area (TPSA) is 140 Å². The number of fused-ring (bicyclic) bond motifs is 1. The standard InChI is InChI=1S/C25H35N5O5S/c1-35-17-20-6-4-10-29(20)30(13-14-31)36(33,34)24-22(18-8-11-28(12-9-18)25(26)27)15-19-5-2-3-7-21(19)23(24)16-32/h2-3,5,7,14-15,18,20,32H,4,6,8-13,16-17H2,1H3,(H3,26,27). The minimum absolute atomic E-state index is 0.00577. The third-order valence-corrected chi connectivity index (χ3v) is 9.24. The summed E-state index contributed by atoms with van der Waals surface area (Å²) >= 11 is 0. The maximum absolute atomic E-state index is 14.4. The first kappa shape index (κ1) is 26.5. The third kappa shape index (κ3) is 4.98. The van der Waals surface area contributed by atoms with Crippen molar-refractivity contribution in [2.75, 3.05) is 39.9 Å². The summed E-state index contributed by atoms with van der Waals surface area (Å²) in [4.78, 5) is 13.6. The first-order chi connectivity index (χ1) is 17.3. The van der Waals surface area contributed by atoms with Gasteiger partial charge in [0.2, 0.25) is 0 Å². The van der Waals surface area contributed by atoms with Crippen LogP contribution >= 0.6 is 0 Å². The van der Waals surface area contributed by atoms with Crippen molar-refractivity contribution in [2.45, 2.75) is 49.1 Å². The lowest BCUT2D eigenvalue weighted by Gasteiger charge is -2.37. The van der Waals surface area contributed by atoms with E-state index in [1.807, 2.05) is 30.3 Å². The van der Waals surface area contributed by atoms with Gasteiger partial charge in [0.25, 0.3) is 10.0 Å². The van der Waals surface area contributed by atoms with Crippen LogP contribution in [0.1, 0.15) is 42.7 Å². The van der Waals surface area contributed by atoms with E-state index in [1.54, 1.807) is 17.0 Å². The van der Waals surface area contributed by atoms with Gasteiger partial charge in [-0.25, -0.2) is 13.4 Å². The van der Waals surface area contributed by atoms with E-state index in [4.69, 9.17) is 15.9 Å². The van der Waals surface area contributed by atoms with E-state index >= 15 is 0 Å². The Morgan fingerprint density at radius 2 is 1.97 bits per heavy atom. The molecule has 0 saturated carbocycles. The second-order valence-electron chi connectivity index (χ2n) is 9.39. The van der Waals surface area contributed by atoms with Crippen LogP contribution in [0, 0.1) is 5.41 Å². The largest absolute Gasteiger partial charge is 0.392 e. The van der Waals surface area contributed by atoms with Gasteiger partial charge in [-0.2, -0.15) is 0 Å². The molecule has 4 N–H and O–H groups in total. The molecule has 0 spiro atoms. The number of piperidine rings is 1. The average molecular weight is 518 g/mol. The van der Waals surface area contributed by atoms with Gasteiger partial charge in [-0.05, 0) is 54.0 Å². The van der Waals surface area contributed by atoms with E-state index in [0.717, 1.165) is 18.2 Å². The van der Waals surface area contributed by atoms with Crippen molar-refractivity contribution >= 4 is 33.0 Å². The Labute approximate surface area is 212 Å². The lowest BCUT2D eigenvalue weighted by atomic mass is 9.86. The van der Waals surface area contributed by atoms with Crippen LogP contribution in [0.15, 0.2) is 35.2 Å².